The maximum absolute atomic E-state index is 5.51. The summed E-state index contributed by atoms with van der Waals surface area (Å²) in [5.41, 5.74) is 2.00. The molecule has 0 amide bonds. The summed E-state index contributed by atoms with van der Waals surface area (Å²) in [5, 5.41) is 3.09. The second kappa shape index (κ2) is 7.01. The van der Waals surface area contributed by atoms with Crippen LogP contribution in [0.2, 0.25) is 0 Å². The summed E-state index contributed by atoms with van der Waals surface area (Å²) < 4.78 is 5.51. The molecule has 0 bridgehead atoms. The summed E-state index contributed by atoms with van der Waals surface area (Å²) in [6.07, 6.45) is 1.89. The third-order valence-electron chi connectivity index (χ3n) is 3.19. The number of ether oxygens (including phenoxy) is 1. The van der Waals surface area contributed by atoms with Crippen LogP contribution in [0.4, 0.5) is 5.82 Å². The zero-order valence-corrected chi connectivity index (χ0v) is 12.3. The molecule has 0 aliphatic carbocycles. The quantitative estimate of drug-likeness (QED) is 0.870. The van der Waals surface area contributed by atoms with E-state index in [1.165, 1.54) is 0 Å². The van der Waals surface area contributed by atoms with Gasteiger partial charge in [0.1, 0.15) is 11.9 Å². The zero-order chi connectivity index (χ0) is 14.4. The summed E-state index contributed by atoms with van der Waals surface area (Å²) in [6, 6.07) is 12.1. The SMILES string of the molecule is CCCC(OC)c1nc(NC)cc(-c2ccccc2)n1. The number of anilines is 1. The van der Waals surface area contributed by atoms with Crippen molar-refractivity contribution < 1.29 is 4.74 Å². The molecule has 1 unspecified atom stereocenters. The van der Waals surface area contributed by atoms with Gasteiger partial charge in [0.15, 0.2) is 5.82 Å². The number of nitrogens with zero attached hydrogens (tertiary/aromatic N) is 2. The molecule has 1 aromatic carbocycles. The van der Waals surface area contributed by atoms with Crippen LogP contribution in [-0.2, 0) is 4.74 Å². The van der Waals surface area contributed by atoms with E-state index < -0.39 is 0 Å². The average Bonchev–Trinajstić information content (AvgIpc) is 2.53. The van der Waals surface area contributed by atoms with Gasteiger partial charge in [-0.05, 0) is 6.42 Å². The molecule has 0 fully saturated rings. The second-order valence-electron chi connectivity index (χ2n) is 4.63. The number of methoxy groups -OCH3 is 1. The molecular weight excluding hydrogens is 250 g/mol. The van der Waals surface area contributed by atoms with Crippen LogP contribution in [0.1, 0.15) is 31.7 Å². The Labute approximate surface area is 120 Å². The molecule has 2 aromatic rings. The number of rotatable bonds is 6. The summed E-state index contributed by atoms with van der Waals surface area (Å²) in [7, 11) is 3.57. The number of hydrogen-bond donors (Lipinski definition) is 1. The summed E-state index contributed by atoms with van der Waals surface area (Å²) in [4.78, 5) is 9.19. The van der Waals surface area contributed by atoms with Gasteiger partial charge in [0.05, 0.1) is 5.69 Å². The fourth-order valence-electron chi connectivity index (χ4n) is 2.11. The lowest BCUT2D eigenvalue weighted by atomic mass is 10.1. The van der Waals surface area contributed by atoms with Crippen LogP contribution in [0.15, 0.2) is 36.4 Å². The Hall–Kier alpha value is -1.94. The molecule has 4 heteroatoms. The van der Waals surface area contributed by atoms with E-state index in [1.54, 1.807) is 7.11 Å². The van der Waals surface area contributed by atoms with Gasteiger partial charge in [-0.3, -0.25) is 0 Å². The monoisotopic (exact) mass is 271 g/mol. The highest BCUT2D eigenvalue weighted by Crippen LogP contribution is 2.25. The first-order chi connectivity index (χ1) is 9.78. The third kappa shape index (κ3) is 3.33. The highest BCUT2D eigenvalue weighted by molar-refractivity contribution is 5.62. The lowest BCUT2D eigenvalue weighted by Crippen LogP contribution is -2.09. The van der Waals surface area contributed by atoms with Crippen molar-refractivity contribution in [2.75, 3.05) is 19.5 Å². The Kier molecular flexibility index (Phi) is 5.07. The van der Waals surface area contributed by atoms with Crippen molar-refractivity contribution in [2.24, 2.45) is 0 Å². The van der Waals surface area contributed by atoms with Crippen molar-refractivity contribution in [3.8, 4) is 11.3 Å². The minimum atomic E-state index is -0.0595. The third-order valence-corrected chi connectivity index (χ3v) is 3.19. The molecule has 0 aliphatic rings. The Balaban J connectivity index is 2.43. The molecule has 1 N–H and O–H groups in total. The Bertz CT molecular complexity index is 543. The van der Waals surface area contributed by atoms with Gasteiger partial charge in [-0.2, -0.15) is 0 Å². The van der Waals surface area contributed by atoms with Gasteiger partial charge in [-0.15, -0.1) is 0 Å². The second-order valence-corrected chi connectivity index (χ2v) is 4.63. The van der Waals surface area contributed by atoms with Crippen LogP contribution < -0.4 is 5.32 Å². The van der Waals surface area contributed by atoms with Crippen molar-refractivity contribution in [1.29, 1.82) is 0 Å². The molecule has 0 saturated carbocycles. The lowest BCUT2D eigenvalue weighted by Gasteiger charge is -2.15. The van der Waals surface area contributed by atoms with Gasteiger partial charge in [-0.25, -0.2) is 9.97 Å². The largest absolute Gasteiger partial charge is 0.373 e. The fraction of sp³-hybridized carbons (Fsp3) is 0.375. The molecular formula is C16H21N3O. The first-order valence-electron chi connectivity index (χ1n) is 6.93. The minimum absolute atomic E-state index is 0.0595. The predicted octanol–water partition coefficient (Wildman–Crippen LogP) is 3.67. The lowest BCUT2D eigenvalue weighted by molar-refractivity contribution is 0.0878. The summed E-state index contributed by atoms with van der Waals surface area (Å²) in [6.45, 7) is 2.13. The predicted molar refractivity (Wildman–Crippen MR) is 81.7 cm³/mol. The molecule has 0 saturated heterocycles. The van der Waals surface area contributed by atoms with Crippen LogP contribution >= 0.6 is 0 Å². The molecule has 20 heavy (non-hydrogen) atoms. The van der Waals surface area contributed by atoms with Crippen LogP contribution in [-0.4, -0.2) is 24.1 Å². The van der Waals surface area contributed by atoms with E-state index in [9.17, 15) is 0 Å². The normalized spacial score (nSPS) is 12.2. The maximum atomic E-state index is 5.51. The minimum Gasteiger partial charge on any atom is -0.373 e. The van der Waals surface area contributed by atoms with Gasteiger partial charge in [0.25, 0.3) is 0 Å². The van der Waals surface area contributed by atoms with Crippen LogP contribution in [0, 0.1) is 0 Å². The Morgan fingerprint density at radius 1 is 1.20 bits per heavy atom. The molecule has 1 aromatic heterocycles. The molecule has 0 radical (unpaired) electrons. The van der Waals surface area contributed by atoms with Crippen molar-refractivity contribution in [1.82, 2.24) is 9.97 Å². The van der Waals surface area contributed by atoms with Crippen molar-refractivity contribution in [3.63, 3.8) is 0 Å². The maximum Gasteiger partial charge on any atom is 0.160 e. The van der Waals surface area contributed by atoms with Gasteiger partial charge >= 0.3 is 0 Å². The smallest absolute Gasteiger partial charge is 0.160 e. The average molecular weight is 271 g/mol. The van der Waals surface area contributed by atoms with E-state index in [2.05, 4.69) is 22.2 Å². The number of aromatic nitrogens is 2. The zero-order valence-electron chi connectivity index (χ0n) is 12.3. The molecule has 2 rings (SSSR count). The fourth-order valence-corrected chi connectivity index (χ4v) is 2.11. The van der Waals surface area contributed by atoms with E-state index in [1.807, 2.05) is 43.4 Å². The standard InChI is InChI=1S/C16H21N3O/c1-4-8-14(20-3)16-18-13(11-15(17-2)19-16)12-9-6-5-7-10-12/h5-7,9-11,14H,4,8H2,1-3H3,(H,17,18,19). The first kappa shape index (κ1) is 14.5. The van der Waals surface area contributed by atoms with E-state index in [-0.39, 0.29) is 6.10 Å². The van der Waals surface area contributed by atoms with Gasteiger partial charge in [0.2, 0.25) is 0 Å². The highest BCUT2D eigenvalue weighted by Gasteiger charge is 2.15. The summed E-state index contributed by atoms with van der Waals surface area (Å²) >= 11 is 0. The number of nitrogens with one attached hydrogen (secondary N) is 1. The van der Waals surface area contributed by atoms with Crippen molar-refractivity contribution >= 4 is 5.82 Å². The van der Waals surface area contributed by atoms with Gasteiger partial charge in [-0.1, -0.05) is 43.7 Å². The molecule has 1 heterocycles. The number of benzene rings is 1. The van der Waals surface area contributed by atoms with Crippen molar-refractivity contribution in [2.45, 2.75) is 25.9 Å². The van der Waals surface area contributed by atoms with Crippen LogP contribution in [0.3, 0.4) is 0 Å². The van der Waals surface area contributed by atoms with E-state index in [0.29, 0.717) is 0 Å². The van der Waals surface area contributed by atoms with Crippen molar-refractivity contribution in [3.05, 3.63) is 42.2 Å². The molecule has 0 spiro atoms. The molecule has 1 atom stereocenters. The summed E-state index contributed by atoms with van der Waals surface area (Å²) in [5.74, 6) is 1.55. The van der Waals surface area contributed by atoms with Gasteiger partial charge in [0, 0.05) is 25.8 Å². The Morgan fingerprint density at radius 2 is 1.95 bits per heavy atom. The molecule has 0 aliphatic heterocycles. The van der Waals surface area contributed by atoms with Crippen LogP contribution in [0.5, 0.6) is 0 Å². The highest BCUT2D eigenvalue weighted by atomic mass is 16.5. The first-order valence-corrected chi connectivity index (χ1v) is 6.93. The van der Waals surface area contributed by atoms with Gasteiger partial charge < -0.3 is 10.1 Å². The van der Waals surface area contributed by atoms with E-state index in [0.717, 1.165) is 35.7 Å². The van der Waals surface area contributed by atoms with E-state index >= 15 is 0 Å². The molecule has 4 nitrogen and oxygen atoms in total. The van der Waals surface area contributed by atoms with Crippen LogP contribution in [0.25, 0.3) is 11.3 Å². The number of hydrogen-bond acceptors (Lipinski definition) is 4. The van der Waals surface area contributed by atoms with E-state index in [4.69, 9.17) is 4.74 Å². The molecule has 106 valence electrons. The Morgan fingerprint density at radius 3 is 2.55 bits per heavy atom. The topological polar surface area (TPSA) is 47.0 Å².